The van der Waals surface area contributed by atoms with Crippen LogP contribution in [0.4, 0.5) is 0 Å². The van der Waals surface area contributed by atoms with Crippen molar-refractivity contribution >= 4 is 23.6 Å². The van der Waals surface area contributed by atoms with Crippen molar-refractivity contribution in [3.8, 4) is 0 Å². The number of hydrogen-bond acceptors (Lipinski definition) is 3. The molecule has 1 unspecified atom stereocenters. The second kappa shape index (κ2) is 7.44. The quantitative estimate of drug-likeness (QED) is 0.491. The van der Waals surface area contributed by atoms with Crippen molar-refractivity contribution in [2.45, 2.75) is 19.4 Å². The normalized spacial score (nSPS) is 11.8. The maximum Gasteiger partial charge on any atom is 0.305 e. The van der Waals surface area contributed by atoms with Gasteiger partial charge in [-0.1, -0.05) is 6.08 Å². The topological polar surface area (TPSA) is 66.4 Å². The van der Waals surface area contributed by atoms with Crippen molar-refractivity contribution in [2.24, 2.45) is 0 Å². The number of carboxylic acid groups (broad SMARTS) is 1. The van der Waals surface area contributed by atoms with E-state index in [0.29, 0.717) is 5.75 Å². The molecule has 0 aromatic rings. The van der Waals surface area contributed by atoms with Crippen LogP contribution >= 0.6 is 11.8 Å². The minimum atomic E-state index is -0.906. The Morgan fingerprint density at radius 1 is 1.64 bits per heavy atom. The van der Waals surface area contributed by atoms with E-state index in [1.165, 1.54) is 11.8 Å². The van der Waals surface area contributed by atoms with Crippen LogP contribution in [0, 0.1) is 0 Å². The Morgan fingerprint density at radius 3 is 2.79 bits per heavy atom. The van der Waals surface area contributed by atoms with E-state index in [1.807, 2.05) is 0 Å². The minimum absolute atomic E-state index is 0.0438. The summed E-state index contributed by atoms with van der Waals surface area (Å²) in [6, 6.07) is -0.315. The lowest BCUT2D eigenvalue weighted by Crippen LogP contribution is -2.35. The molecule has 0 spiro atoms. The zero-order valence-corrected chi connectivity index (χ0v) is 8.97. The van der Waals surface area contributed by atoms with Crippen LogP contribution < -0.4 is 5.32 Å². The fraction of sp³-hybridized carbons (Fsp3) is 0.556. The van der Waals surface area contributed by atoms with Crippen LogP contribution in [-0.2, 0) is 9.59 Å². The van der Waals surface area contributed by atoms with Crippen molar-refractivity contribution in [2.75, 3.05) is 11.5 Å². The van der Waals surface area contributed by atoms with Crippen LogP contribution in [-0.4, -0.2) is 34.5 Å². The fourth-order valence-electron chi connectivity index (χ4n) is 0.864. The SMILES string of the molecule is C=CCSCC(=O)NC(C)CC(=O)O. The van der Waals surface area contributed by atoms with Gasteiger partial charge in [0.2, 0.25) is 5.91 Å². The lowest BCUT2D eigenvalue weighted by Gasteiger charge is -2.10. The molecular formula is C9H15NO3S. The molecule has 0 aromatic carbocycles. The van der Waals surface area contributed by atoms with E-state index in [1.54, 1.807) is 13.0 Å². The molecule has 0 saturated carbocycles. The molecule has 2 N–H and O–H groups in total. The van der Waals surface area contributed by atoms with Gasteiger partial charge in [0.05, 0.1) is 12.2 Å². The number of carbonyl (C=O) groups excluding carboxylic acids is 1. The summed E-state index contributed by atoms with van der Waals surface area (Å²) in [5, 5.41) is 11.0. The summed E-state index contributed by atoms with van der Waals surface area (Å²) in [5.74, 6) is 0.0265. The number of amides is 1. The number of rotatable bonds is 7. The number of nitrogens with one attached hydrogen (secondary N) is 1. The maximum absolute atomic E-state index is 11.2. The molecule has 0 aliphatic rings. The van der Waals surface area contributed by atoms with Crippen LogP contribution in [0.15, 0.2) is 12.7 Å². The van der Waals surface area contributed by atoms with Crippen LogP contribution in [0.25, 0.3) is 0 Å². The summed E-state index contributed by atoms with van der Waals surface area (Å²) >= 11 is 1.44. The average molecular weight is 217 g/mol. The summed E-state index contributed by atoms with van der Waals surface area (Å²) in [6.07, 6.45) is 1.68. The first-order chi connectivity index (χ1) is 6.56. The summed E-state index contributed by atoms with van der Waals surface area (Å²) in [7, 11) is 0. The standard InChI is InChI=1S/C9H15NO3S/c1-3-4-14-6-8(11)10-7(2)5-9(12)13/h3,7H,1,4-6H2,2H3,(H,10,11)(H,12,13). The van der Waals surface area contributed by atoms with E-state index >= 15 is 0 Å². The van der Waals surface area contributed by atoms with Gasteiger partial charge in [-0.15, -0.1) is 18.3 Å². The zero-order valence-electron chi connectivity index (χ0n) is 8.16. The number of carbonyl (C=O) groups is 2. The molecule has 5 heteroatoms. The van der Waals surface area contributed by atoms with Gasteiger partial charge in [0.25, 0.3) is 0 Å². The third-order valence-corrected chi connectivity index (χ3v) is 2.29. The molecule has 0 heterocycles. The van der Waals surface area contributed by atoms with Gasteiger partial charge >= 0.3 is 5.97 Å². The number of aliphatic carboxylic acids is 1. The average Bonchev–Trinajstić information content (AvgIpc) is 2.02. The first kappa shape index (κ1) is 13.0. The monoisotopic (exact) mass is 217 g/mol. The van der Waals surface area contributed by atoms with Gasteiger partial charge in [-0.05, 0) is 6.92 Å². The number of carboxylic acids is 1. The van der Waals surface area contributed by atoms with E-state index in [4.69, 9.17) is 5.11 Å². The van der Waals surface area contributed by atoms with Crippen molar-refractivity contribution in [3.63, 3.8) is 0 Å². The Labute approximate surface area is 87.8 Å². The highest BCUT2D eigenvalue weighted by molar-refractivity contribution is 8.00. The Kier molecular flexibility index (Phi) is 6.92. The van der Waals surface area contributed by atoms with Crippen molar-refractivity contribution < 1.29 is 14.7 Å². The Balaban J connectivity index is 3.60. The maximum atomic E-state index is 11.2. The highest BCUT2D eigenvalue weighted by Gasteiger charge is 2.10. The molecule has 14 heavy (non-hydrogen) atoms. The van der Waals surface area contributed by atoms with Crippen LogP contribution in [0.3, 0.4) is 0 Å². The summed E-state index contributed by atoms with van der Waals surface area (Å²) in [4.78, 5) is 21.4. The Hall–Kier alpha value is -0.970. The Morgan fingerprint density at radius 2 is 2.29 bits per heavy atom. The van der Waals surface area contributed by atoms with E-state index in [-0.39, 0.29) is 18.4 Å². The Bertz CT molecular complexity index is 218. The fourth-order valence-corrected chi connectivity index (χ4v) is 1.42. The van der Waals surface area contributed by atoms with Crippen molar-refractivity contribution in [1.29, 1.82) is 0 Å². The predicted molar refractivity (Wildman–Crippen MR) is 57.4 cm³/mol. The van der Waals surface area contributed by atoms with E-state index in [2.05, 4.69) is 11.9 Å². The summed E-state index contributed by atoms with van der Waals surface area (Å²) < 4.78 is 0. The van der Waals surface area contributed by atoms with Gasteiger partial charge in [-0.3, -0.25) is 9.59 Å². The highest BCUT2D eigenvalue weighted by atomic mass is 32.2. The van der Waals surface area contributed by atoms with Crippen molar-refractivity contribution in [1.82, 2.24) is 5.32 Å². The van der Waals surface area contributed by atoms with Gasteiger partial charge in [-0.2, -0.15) is 0 Å². The first-order valence-corrected chi connectivity index (χ1v) is 5.41. The number of thioether (sulfide) groups is 1. The molecule has 0 rings (SSSR count). The molecule has 80 valence electrons. The molecule has 0 fully saturated rings. The molecule has 0 saturated heterocycles. The highest BCUT2D eigenvalue weighted by Crippen LogP contribution is 1.99. The molecule has 4 nitrogen and oxygen atoms in total. The molecule has 1 atom stereocenters. The van der Waals surface area contributed by atoms with Crippen LogP contribution in [0.5, 0.6) is 0 Å². The molecular weight excluding hydrogens is 202 g/mol. The van der Waals surface area contributed by atoms with Crippen LogP contribution in [0.1, 0.15) is 13.3 Å². The number of hydrogen-bond donors (Lipinski definition) is 2. The second-order valence-corrected chi connectivity index (χ2v) is 3.90. The second-order valence-electron chi connectivity index (χ2n) is 2.87. The largest absolute Gasteiger partial charge is 0.481 e. The third-order valence-electron chi connectivity index (χ3n) is 1.36. The van der Waals surface area contributed by atoms with Gasteiger partial charge in [0.15, 0.2) is 0 Å². The van der Waals surface area contributed by atoms with Gasteiger partial charge in [-0.25, -0.2) is 0 Å². The molecule has 0 radical (unpaired) electrons. The van der Waals surface area contributed by atoms with E-state index in [0.717, 1.165) is 5.75 Å². The minimum Gasteiger partial charge on any atom is -0.481 e. The van der Waals surface area contributed by atoms with Gasteiger partial charge < -0.3 is 10.4 Å². The van der Waals surface area contributed by atoms with Gasteiger partial charge in [0.1, 0.15) is 0 Å². The van der Waals surface area contributed by atoms with Crippen LogP contribution in [0.2, 0.25) is 0 Å². The molecule has 0 aliphatic carbocycles. The van der Waals surface area contributed by atoms with E-state index < -0.39 is 5.97 Å². The molecule has 1 amide bonds. The predicted octanol–water partition coefficient (Wildman–Crippen LogP) is 0.885. The first-order valence-electron chi connectivity index (χ1n) is 4.26. The van der Waals surface area contributed by atoms with Crippen molar-refractivity contribution in [3.05, 3.63) is 12.7 Å². The van der Waals surface area contributed by atoms with Gasteiger partial charge in [0, 0.05) is 11.8 Å². The zero-order chi connectivity index (χ0) is 11.0. The smallest absolute Gasteiger partial charge is 0.305 e. The molecule has 0 aliphatic heterocycles. The third kappa shape index (κ3) is 7.67. The van der Waals surface area contributed by atoms with E-state index in [9.17, 15) is 9.59 Å². The lowest BCUT2D eigenvalue weighted by molar-refractivity contribution is -0.137. The molecule has 0 bridgehead atoms. The summed E-state index contributed by atoms with van der Waals surface area (Å²) in [6.45, 7) is 5.20. The lowest BCUT2D eigenvalue weighted by atomic mass is 10.2. The summed E-state index contributed by atoms with van der Waals surface area (Å²) in [5.41, 5.74) is 0. The molecule has 0 aromatic heterocycles.